The van der Waals surface area contributed by atoms with E-state index in [1.807, 2.05) is 42.7 Å². The van der Waals surface area contributed by atoms with Crippen molar-refractivity contribution < 1.29 is 14.7 Å². The van der Waals surface area contributed by atoms with E-state index >= 15 is 0 Å². The molecule has 0 bridgehead atoms. The number of carbonyl (C=O) groups is 1. The van der Waals surface area contributed by atoms with Crippen molar-refractivity contribution in [3.63, 3.8) is 0 Å². The molecule has 1 aromatic carbocycles. The van der Waals surface area contributed by atoms with Gasteiger partial charge in [-0.25, -0.2) is 14.8 Å². The molecule has 178 valence electrons. The van der Waals surface area contributed by atoms with Crippen LogP contribution in [0.2, 0.25) is 0 Å². The number of amides is 1. The van der Waals surface area contributed by atoms with Crippen LogP contribution in [-0.4, -0.2) is 47.9 Å². The molecule has 11 heteroatoms. The molecule has 1 amide bonds. The molecule has 0 unspecified atom stereocenters. The maximum Gasteiger partial charge on any atom is 0.332 e. The minimum atomic E-state index is -0.514. The average molecular weight is 484 g/mol. The number of aromatic nitrogens is 4. The Morgan fingerprint density at radius 3 is 2.71 bits per heavy atom. The van der Waals surface area contributed by atoms with Gasteiger partial charge in [0.1, 0.15) is 17.3 Å². The molecule has 0 spiro atoms. The highest BCUT2D eigenvalue weighted by Gasteiger charge is 2.31. The smallest absolute Gasteiger partial charge is 0.332 e. The van der Waals surface area contributed by atoms with Crippen molar-refractivity contribution in [1.29, 1.82) is 0 Å². The predicted octanol–water partition coefficient (Wildman–Crippen LogP) is 2.01. The first-order chi connectivity index (χ1) is 16.3. The van der Waals surface area contributed by atoms with Gasteiger partial charge >= 0.3 is 5.69 Å². The van der Waals surface area contributed by atoms with Gasteiger partial charge in [-0.05, 0) is 32.4 Å². The Bertz CT molecular complexity index is 1540. The van der Waals surface area contributed by atoms with Crippen LogP contribution in [0.1, 0.15) is 47.4 Å². The highest BCUT2D eigenvalue weighted by molar-refractivity contribution is 7.19. The minimum Gasteiger partial charge on any atom is -0.388 e. The third-order valence-corrected chi connectivity index (χ3v) is 7.25. The molecule has 4 aromatic rings. The number of hydrogen-bond donors (Lipinski definition) is 1. The highest BCUT2D eigenvalue weighted by atomic mass is 32.1. The molecular weight excluding hydrogens is 458 g/mol. The standard InChI is InChI=1S/C23H25N5O5S/c1-13(2)28-22-19(20(30)25(3)23(28)32)18(21(31)27-9-6-10-33-27)16(34-22)11-26-15-8-5-4-7-14(15)24-17(26)12-29/h4-5,7-8,13,29H,6,9-12H2,1-3H3. The summed E-state index contributed by atoms with van der Waals surface area (Å²) < 4.78 is 4.43. The van der Waals surface area contributed by atoms with Gasteiger partial charge in [0.05, 0.1) is 41.7 Å². The van der Waals surface area contributed by atoms with Crippen molar-refractivity contribution in [2.75, 3.05) is 13.2 Å². The summed E-state index contributed by atoms with van der Waals surface area (Å²) >= 11 is 1.25. The summed E-state index contributed by atoms with van der Waals surface area (Å²) in [6.07, 6.45) is 0.707. The van der Waals surface area contributed by atoms with Crippen LogP contribution in [0, 0.1) is 0 Å². The number of benzene rings is 1. The van der Waals surface area contributed by atoms with E-state index in [1.165, 1.54) is 23.4 Å². The van der Waals surface area contributed by atoms with E-state index in [1.54, 1.807) is 4.57 Å². The van der Waals surface area contributed by atoms with E-state index in [0.717, 1.165) is 15.6 Å². The van der Waals surface area contributed by atoms with Gasteiger partial charge < -0.3 is 9.67 Å². The van der Waals surface area contributed by atoms with Crippen molar-refractivity contribution in [2.45, 2.75) is 39.5 Å². The first-order valence-corrected chi connectivity index (χ1v) is 11.9. The quantitative estimate of drug-likeness (QED) is 0.465. The Labute approximate surface area is 198 Å². The molecule has 1 N–H and O–H groups in total. The van der Waals surface area contributed by atoms with E-state index < -0.39 is 17.2 Å². The number of carbonyl (C=O) groups excluding carboxylic acids is 1. The second-order valence-corrected chi connectivity index (χ2v) is 9.63. The number of fused-ring (bicyclic) bond motifs is 2. The van der Waals surface area contributed by atoms with Crippen LogP contribution < -0.4 is 11.2 Å². The summed E-state index contributed by atoms with van der Waals surface area (Å²) in [5, 5.41) is 11.4. The normalized spacial score (nSPS) is 14.2. The maximum atomic E-state index is 13.6. The van der Waals surface area contributed by atoms with Crippen molar-refractivity contribution in [1.82, 2.24) is 23.7 Å². The number of nitrogens with zero attached hydrogens (tertiary/aromatic N) is 5. The lowest BCUT2D eigenvalue weighted by Gasteiger charge is -2.16. The maximum absolute atomic E-state index is 13.6. The number of hydroxylamine groups is 2. The molecule has 1 saturated heterocycles. The van der Waals surface area contributed by atoms with Gasteiger partial charge in [0, 0.05) is 18.0 Å². The monoisotopic (exact) mass is 483 g/mol. The fourth-order valence-corrected chi connectivity index (χ4v) is 5.82. The zero-order valence-electron chi connectivity index (χ0n) is 19.1. The van der Waals surface area contributed by atoms with E-state index in [-0.39, 0.29) is 30.1 Å². The number of rotatable bonds is 5. The number of hydrogen-bond acceptors (Lipinski definition) is 7. The molecule has 0 radical (unpaired) electrons. The first kappa shape index (κ1) is 22.5. The van der Waals surface area contributed by atoms with Crippen molar-refractivity contribution >= 4 is 38.5 Å². The van der Waals surface area contributed by atoms with Gasteiger partial charge in [-0.1, -0.05) is 12.1 Å². The van der Waals surface area contributed by atoms with E-state index in [4.69, 9.17) is 4.84 Å². The van der Waals surface area contributed by atoms with Gasteiger partial charge in [-0.3, -0.25) is 23.6 Å². The van der Waals surface area contributed by atoms with E-state index in [0.29, 0.717) is 35.1 Å². The van der Waals surface area contributed by atoms with Gasteiger partial charge in [0.25, 0.3) is 11.5 Å². The van der Waals surface area contributed by atoms with Crippen LogP contribution in [0.4, 0.5) is 0 Å². The van der Waals surface area contributed by atoms with Gasteiger partial charge in [0.15, 0.2) is 0 Å². The third-order valence-electron chi connectivity index (χ3n) is 6.08. The molecule has 5 rings (SSSR count). The molecule has 4 heterocycles. The number of thiophene rings is 1. The van der Waals surface area contributed by atoms with Crippen LogP contribution in [0.5, 0.6) is 0 Å². The Morgan fingerprint density at radius 1 is 1.26 bits per heavy atom. The summed E-state index contributed by atoms with van der Waals surface area (Å²) in [4.78, 5) is 50.9. The van der Waals surface area contributed by atoms with Crippen molar-refractivity contribution in [3.8, 4) is 0 Å². The van der Waals surface area contributed by atoms with E-state index in [9.17, 15) is 19.5 Å². The van der Waals surface area contributed by atoms with Gasteiger partial charge in [-0.15, -0.1) is 11.3 Å². The highest BCUT2D eigenvalue weighted by Crippen LogP contribution is 2.33. The van der Waals surface area contributed by atoms with Gasteiger partial charge in [-0.2, -0.15) is 0 Å². The Hall–Kier alpha value is -3.28. The van der Waals surface area contributed by atoms with Crippen LogP contribution in [0.25, 0.3) is 21.3 Å². The SMILES string of the molecule is CC(C)n1c(=O)n(C)c(=O)c2c(C(=O)N3CCCO3)c(Cn3c(CO)nc4ccccc43)sc21. The molecular formula is C23H25N5O5S. The summed E-state index contributed by atoms with van der Waals surface area (Å²) in [5.41, 5.74) is 0.812. The second-order valence-electron chi connectivity index (χ2n) is 8.55. The molecule has 0 atom stereocenters. The van der Waals surface area contributed by atoms with Gasteiger partial charge in [0.2, 0.25) is 0 Å². The molecule has 1 fully saturated rings. The Morgan fingerprint density at radius 2 is 2.03 bits per heavy atom. The first-order valence-electron chi connectivity index (χ1n) is 11.1. The lowest BCUT2D eigenvalue weighted by Crippen LogP contribution is -2.39. The number of aliphatic hydroxyl groups is 1. The second kappa shape index (κ2) is 8.49. The number of imidazole rings is 1. The topological polar surface area (TPSA) is 112 Å². The molecule has 34 heavy (non-hydrogen) atoms. The molecule has 0 aliphatic carbocycles. The minimum absolute atomic E-state index is 0.208. The molecule has 1 aliphatic rings. The fraction of sp³-hybridized carbons (Fsp3) is 0.391. The molecule has 3 aromatic heterocycles. The summed E-state index contributed by atoms with van der Waals surface area (Å²) in [6.45, 7) is 4.51. The van der Waals surface area contributed by atoms with Crippen molar-refractivity contribution in [2.24, 2.45) is 7.05 Å². The summed E-state index contributed by atoms with van der Waals surface area (Å²) in [5.74, 6) is 0.0448. The van der Waals surface area contributed by atoms with E-state index in [2.05, 4.69) is 4.98 Å². The fourth-order valence-electron chi connectivity index (χ4n) is 4.43. The molecule has 10 nitrogen and oxygen atoms in total. The van der Waals surface area contributed by atoms with Crippen LogP contribution in [0.3, 0.4) is 0 Å². The summed E-state index contributed by atoms with van der Waals surface area (Å²) in [7, 11) is 1.42. The van der Waals surface area contributed by atoms with Crippen molar-refractivity contribution in [3.05, 3.63) is 61.4 Å². The zero-order valence-corrected chi connectivity index (χ0v) is 20.0. The third kappa shape index (κ3) is 3.39. The molecule has 0 saturated carbocycles. The Kier molecular flexibility index (Phi) is 5.62. The van der Waals surface area contributed by atoms with Crippen LogP contribution in [0.15, 0.2) is 33.9 Å². The Balaban J connectivity index is 1.81. The summed E-state index contributed by atoms with van der Waals surface area (Å²) in [6, 6.07) is 7.27. The largest absolute Gasteiger partial charge is 0.388 e. The number of aliphatic hydroxyl groups excluding tert-OH is 1. The lowest BCUT2D eigenvalue weighted by molar-refractivity contribution is -0.0767. The predicted molar refractivity (Wildman–Crippen MR) is 128 cm³/mol. The van der Waals surface area contributed by atoms with Crippen LogP contribution >= 0.6 is 11.3 Å². The number of para-hydroxylation sites is 2. The van der Waals surface area contributed by atoms with Crippen LogP contribution in [-0.2, 0) is 25.0 Å². The zero-order chi connectivity index (χ0) is 24.1. The lowest BCUT2D eigenvalue weighted by atomic mass is 10.1. The molecule has 1 aliphatic heterocycles. The average Bonchev–Trinajstić information content (AvgIpc) is 3.55.